The molecule has 86 valence electrons. The normalized spacial score (nSPS) is 16.1. The molecular formula is C12H14ClNO2. The molecule has 0 radical (unpaired) electrons. The molecule has 16 heavy (non-hydrogen) atoms. The predicted octanol–water partition coefficient (Wildman–Crippen LogP) is 1.70. The van der Waals surface area contributed by atoms with E-state index in [4.69, 9.17) is 16.7 Å². The van der Waals surface area contributed by atoms with Crippen LogP contribution in [0.4, 0.5) is 5.69 Å². The molecule has 0 aromatic heterocycles. The van der Waals surface area contributed by atoms with Gasteiger partial charge in [-0.25, -0.2) is 0 Å². The lowest BCUT2D eigenvalue weighted by molar-refractivity contribution is -0.117. The molecule has 0 spiro atoms. The highest BCUT2D eigenvalue weighted by Crippen LogP contribution is 2.29. The van der Waals surface area contributed by atoms with Gasteiger partial charge in [0.2, 0.25) is 5.91 Å². The summed E-state index contributed by atoms with van der Waals surface area (Å²) >= 11 is 5.80. The lowest BCUT2D eigenvalue weighted by Crippen LogP contribution is -2.34. The van der Waals surface area contributed by atoms with Gasteiger partial charge in [0.25, 0.3) is 0 Å². The number of fused-ring (bicyclic) bond motifs is 1. The van der Waals surface area contributed by atoms with Crippen LogP contribution in [0.2, 0.25) is 0 Å². The van der Waals surface area contributed by atoms with Crippen molar-refractivity contribution in [1.29, 1.82) is 0 Å². The number of carbonyl (C=O) groups is 1. The number of aliphatic hydroxyl groups is 1. The van der Waals surface area contributed by atoms with Crippen LogP contribution in [0.25, 0.3) is 0 Å². The summed E-state index contributed by atoms with van der Waals surface area (Å²) in [5.74, 6) is -0.0582. The molecule has 0 aliphatic carbocycles. The second-order valence-electron chi connectivity index (χ2n) is 3.98. The van der Waals surface area contributed by atoms with E-state index >= 15 is 0 Å². The second-order valence-corrected chi connectivity index (χ2v) is 4.63. The Bertz CT molecular complexity index is 417. The Morgan fingerprint density at radius 1 is 1.62 bits per heavy atom. The van der Waals surface area contributed by atoms with Gasteiger partial charge in [0.05, 0.1) is 6.61 Å². The lowest BCUT2D eigenvalue weighted by atomic mass is 10.1. The van der Waals surface area contributed by atoms with Crippen molar-refractivity contribution in [2.75, 3.05) is 11.4 Å². The Hall–Kier alpha value is -1.06. The molecule has 1 heterocycles. The van der Waals surface area contributed by atoms with Gasteiger partial charge in [0, 0.05) is 12.2 Å². The first-order valence-electron chi connectivity index (χ1n) is 5.31. The molecule has 3 nitrogen and oxygen atoms in total. The molecule has 0 fully saturated rings. The first kappa shape index (κ1) is 11.4. The quantitative estimate of drug-likeness (QED) is 0.798. The summed E-state index contributed by atoms with van der Waals surface area (Å²) < 4.78 is 0. The van der Waals surface area contributed by atoms with Gasteiger partial charge in [-0.2, -0.15) is 0 Å². The van der Waals surface area contributed by atoms with E-state index in [1.54, 1.807) is 11.8 Å². The molecule has 1 aromatic rings. The lowest BCUT2D eigenvalue weighted by Gasteiger charge is -2.18. The van der Waals surface area contributed by atoms with Crippen LogP contribution >= 0.6 is 11.6 Å². The van der Waals surface area contributed by atoms with Crippen LogP contribution in [-0.4, -0.2) is 22.9 Å². The maximum Gasteiger partial charge on any atom is 0.244 e. The number of amides is 1. The number of hydrogen-bond donors (Lipinski definition) is 1. The highest BCUT2D eigenvalue weighted by Gasteiger charge is 2.26. The highest BCUT2D eigenvalue weighted by atomic mass is 35.5. The van der Waals surface area contributed by atoms with Crippen molar-refractivity contribution in [2.45, 2.75) is 25.3 Å². The molecule has 0 unspecified atom stereocenters. The highest BCUT2D eigenvalue weighted by molar-refractivity contribution is 6.32. The fraction of sp³-hybridized carbons (Fsp3) is 0.417. The van der Waals surface area contributed by atoms with Crippen LogP contribution in [0.3, 0.4) is 0 Å². The molecular weight excluding hydrogens is 226 g/mol. The van der Waals surface area contributed by atoms with Gasteiger partial charge < -0.3 is 10.0 Å². The molecule has 0 saturated heterocycles. The Balaban J connectivity index is 2.30. The number of alkyl halides is 1. The predicted molar refractivity (Wildman–Crippen MR) is 63.7 cm³/mol. The molecule has 4 heteroatoms. The summed E-state index contributed by atoms with van der Waals surface area (Å²) in [6.45, 7) is 2.40. The number of carbonyl (C=O) groups excluding carboxylic acids is 1. The Labute approximate surface area is 99.6 Å². The number of halogens is 1. The van der Waals surface area contributed by atoms with Crippen LogP contribution < -0.4 is 4.90 Å². The van der Waals surface area contributed by atoms with Crippen molar-refractivity contribution in [3.05, 3.63) is 29.3 Å². The minimum atomic E-state index is -0.497. The van der Waals surface area contributed by atoms with Crippen molar-refractivity contribution in [1.82, 2.24) is 0 Å². The topological polar surface area (TPSA) is 40.5 Å². The van der Waals surface area contributed by atoms with Crippen molar-refractivity contribution < 1.29 is 9.90 Å². The molecule has 1 atom stereocenters. The van der Waals surface area contributed by atoms with Gasteiger partial charge in [-0.05, 0) is 30.5 Å². The minimum Gasteiger partial charge on any atom is -0.392 e. The standard InChI is InChI=1S/C12H14ClNO2/c1-8(13)12(16)14-5-4-10-6-9(7-15)2-3-11(10)14/h2-3,6,8,15H,4-5,7H2,1H3/t8-/m1/s1. The van der Waals surface area contributed by atoms with Gasteiger partial charge in [0.15, 0.2) is 0 Å². The van der Waals surface area contributed by atoms with E-state index in [0.717, 1.165) is 23.2 Å². The third-order valence-corrected chi connectivity index (χ3v) is 3.02. The third-order valence-electron chi connectivity index (χ3n) is 2.83. The van der Waals surface area contributed by atoms with E-state index in [-0.39, 0.29) is 12.5 Å². The van der Waals surface area contributed by atoms with Gasteiger partial charge in [0.1, 0.15) is 5.38 Å². The SMILES string of the molecule is C[C@@H](Cl)C(=O)N1CCc2cc(CO)ccc21. The van der Waals surface area contributed by atoms with E-state index in [1.807, 2.05) is 18.2 Å². The van der Waals surface area contributed by atoms with Crippen LogP contribution in [0, 0.1) is 0 Å². The smallest absolute Gasteiger partial charge is 0.244 e. The number of anilines is 1. The van der Waals surface area contributed by atoms with E-state index in [9.17, 15) is 4.79 Å². The first-order chi connectivity index (χ1) is 7.63. The molecule has 1 aromatic carbocycles. The Kier molecular flexibility index (Phi) is 3.17. The number of aliphatic hydroxyl groups excluding tert-OH is 1. The summed E-state index contributed by atoms with van der Waals surface area (Å²) in [5.41, 5.74) is 2.92. The summed E-state index contributed by atoms with van der Waals surface area (Å²) in [7, 11) is 0. The average Bonchev–Trinajstić information content (AvgIpc) is 2.70. The molecule has 1 amide bonds. The zero-order valence-electron chi connectivity index (χ0n) is 9.11. The van der Waals surface area contributed by atoms with Crippen molar-refractivity contribution in [2.24, 2.45) is 0 Å². The number of nitrogens with zero attached hydrogens (tertiary/aromatic N) is 1. The number of benzene rings is 1. The largest absolute Gasteiger partial charge is 0.392 e. The Morgan fingerprint density at radius 2 is 2.38 bits per heavy atom. The fourth-order valence-corrected chi connectivity index (χ4v) is 2.11. The molecule has 0 bridgehead atoms. The van der Waals surface area contributed by atoms with Crippen LogP contribution in [0.15, 0.2) is 18.2 Å². The van der Waals surface area contributed by atoms with Crippen LogP contribution in [0.1, 0.15) is 18.1 Å². The zero-order chi connectivity index (χ0) is 11.7. The van der Waals surface area contributed by atoms with Crippen molar-refractivity contribution >= 4 is 23.2 Å². The summed E-state index contributed by atoms with van der Waals surface area (Å²) in [4.78, 5) is 13.5. The van der Waals surface area contributed by atoms with Crippen LogP contribution in [-0.2, 0) is 17.8 Å². The molecule has 2 rings (SSSR count). The third kappa shape index (κ3) is 1.93. The van der Waals surface area contributed by atoms with Crippen molar-refractivity contribution in [3.63, 3.8) is 0 Å². The summed E-state index contributed by atoms with van der Waals surface area (Å²) in [5, 5.41) is 8.53. The number of hydrogen-bond acceptors (Lipinski definition) is 2. The maximum absolute atomic E-state index is 11.8. The van der Waals surface area contributed by atoms with Crippen LogP contribution in [0.5, 0.6) is 0 Å². The van der Waals surface area contributed by atoms with Gasteiger partial charge in [-0.3, -0.25) is 4.79 Å². The maximum atomic E-state index is 11.8. The molecule has 1 aliphatic heterocycles. The van der Waals surface area contributed by atoms with Gasteiger partial charge in [-0.15, -0.1) is 11.6 Å². The van der Waals surface area contributed by atoms with E-state index in [2.05, 4.69) is 0 Å². The minimum absolute atomic E-state index is 0.0349. The first-order valence-corrected chi connectivity index (χ1v) is 5.75. The van der Waals surface area contributed by atoms with E-state index < -0.39 is 5.38 Å². The Morgan fingerprint density at radius 3 is 3.00 bits per heavy atom. The second kappa shape index (κ2) is 4.44. The summed E-state index contributed by atoms with van der Waals surface area (Å²) in [6, 6.07) is 5.66. The molecule has 1 aliphatic rings. The number of rotatable bonds is 2. The zero-order valence-corrected chi connectivity index (χ0v) is 9.87. The van der Waals surface area contributed by atoms with Gasteiger partial charge >= 0.3 is 0 Å². The monoisotopic (exact) mass is 239 g/mol. The average molecular weight is 240 g/mol. The molecule has 0 saturated carbocycles. The summed E-state index contributed by atoms with van der Waals surface area (Å²) in [6.07, 6.45) is 0.832. The van der Waals surface area contributed by atoms with E-state index in [0.29, 0.717) is 6.54 Å². The van der Waals surface area contributed by atoms with E-state index in [1.165, 1.54) is 0 Å². The van der Waals surface area contributed by atoms with Gasteiger partial charge in [-0.1, -0.05) is 12.1 Å². The van der Waals surface area contributed by atoms with Crippen molar-refractivity contribution in [3.8, 4) is 0 Å². The molecule has 1 N–H and O–H groups in total. The fourth-order valence-electron chi connectivity index (χ4n) is 2.00.